The average Bonchev–Trinajstić information content (AvgIpc) is 2.92. The van der Waals surface area contributed by atoms with Gasteiger partial charge in [0.1, 0.15) is 5.00 Å². The Kier molecular flexibility index (Phi) is 5.15. The number of hydrogen-bond acceptors (Lipinski definition) is 4. The van der Waals surface area contributed by atoms with Gasteiger partial charge in [0.25, 0.3) is 11.8 Å². The highest BCUT2D eigenvalue weighted by Crippen LogP contribution is 2.37. The number of rotatable bonds is 3. The van der Waals surface area contributed by atoms with Crippen LogP contribution in [0.2, 0.25) is 0 Å². The normalized spacial score (nSPS) is 13.0. The molecule has 3 rings (SSSR count). The fourth-order valence-electron chi connectivity index (χ4n) is 2.93. The molecule has 0 atom stereocenters. The van der Waals surface area contributed by atoms with Crippen LogP contribution in [0.15, 0.2) is 24.3 Å². The van der Waals surface area contributed by atoms with Gasteiger partial charge in [-0.15, -0.1) is 11.3 Å². The monoisotopic (exact) mass is 373 g/mol. The Morgan fingerprint density at radius 2 is 1.84 bits per heavy atom. The first kappa shape index (κ1) is 17.6. The molecule has 0 unspecified atom stereocenters. The Balaban J connectivity index is 1.75. The maximum absolute atomic E-state index is 12.2. The Bertz CT molecular complexity index is 841. The van der Waals surface area contributed by atoms with Crippen molar-refractivity contribution in [1.29, 1.82) is 0 Å². The summed E-state index contributed by atoms with van der Waals surface area (Å²) in [6.45, 7) is 1.96. The van der Waals surface area contributed by atoms with Gasteiger partial charge in [0.15, 0.2) is 5.11 Å². The minimum absolute atomic E-state index is 0.159. The van der Waals surface area contributed by atoms with E-state index in [0.29, 0.717) is 16.1 Å². The van der Waals surface area contributed by atoms with Crippen molar-refractivity contribution < 1.29 is 9.59 Å². The number of thiocarbonyl (C=S) groups is 1. The Morgan fingerprint density at radius 3 is 2.52 bits per heavy atom. The topological polar surface area (TPSA) is 84.2 Å². The lowest BCUT2D eigenvalue weighted by Crippen LogP contribution is -2.34. The van der Waals surface area contributed by atoms with Gasteiger partial charge in [-0.1, -0.05) is 17.7 Å². The fraction of sp³-hybridized carbons (Fsp3) is 0.278. The van der Waals surface area contributed by atoms with Crippen LogP contribution in [0, 0.1) is 6.92 Å². The summed E-state index contributed by atoms with van der Waals surface area (Å²) in [6, 6.07) is 7.21. The number of aryl methyl sites for hydroxylation is 2. The van der Waals surface area contributed by atoms with E-state index < -0.39 is 5.91 Å². The number of hydrogen-bond donors (Lipinski definition) is 3. The molecule has 0 saturated carbocycles. The molecule has 1 aliphatic carbocycles. The maximum Gasteiger partial charge on any atom is 0.257 e. The van der Waals surface area contributed by atoms with E-state index in [0.717, 1.165) is 36.8 Å². The smallest absolute Gasteiger partial charge is 0.257 e. The quantitative estimate of drug-likeness (QED) is 0.722. The highest BCUT2D eigenvalue weighted by molar-refractivity contribution is 7.80. The van der Waals surface area contributed by atoms with Gasteiger partial charge in [0.2, 0.25) is 0 Å². The summed E-state index contributed by atoms with van der Waals surface area (Å²) >= 11 is 6.73. The zero-order valence-corrected chi connectivity index (χ0v) is 15.5. The van der Waals surface area contributed by atoms with Gasteiger partial charge in [-0.3, -0.25) is 14.9 Å². The number of carbonyl (C=O) groups is 2. The summed E-state index contributed by atoms with van der Waals surface area (Å²) in [7, 11) is 0. The molecule has 5 nitrogen and oxygen atoms in total. The molecule has 1 aromatic heterocycles. The lowest BCUT2D eigenvalue weighted by molar-refractivity contribution is 0.0975. The third-order valence-corrected chi connectivity index (χ3v) is 5.60. The van der Waals surface area contributed by atoms with Gasteiger partial charge in [-0.2, -0.15) is 0 Å². The minimum Gasteiger partial charge on any atom is -0.365 e. The zero-order chi connectivity index (χ0) is 18.0. The molecule has 130 valence electrons. The third-order valence-electron chi connectivity index (χ3n) is 4.19. The van der Waals surface area contributed by atoms with Crippen LogP contribution in [-0.2, 0) is 12.8 Å². The first-order chi connectivity index (χ1) is 12.0. The highest BCUT2D eigenvalue weighted by Gasteiger charge is 2.24. The Morgan fingerprint density at radius 1 is 1.16 bits per heavy atom. The van der Waals surface area contributed by atoms with Crippen LogP contribution < -0.4 is 16.4 Å². The van der Waals surface area contributed by atoms with Gasteiger partial charge >= 0.3 is 0 Å². The molecular formula is C18H19N3O2S2. The van der Waals surface area contributed by atoms with Crippen LogP contribution in [-0.4, -0.2) is 16.9 Å². The number of benzene rings is 1. The second-order valence-electron chi connectivity index (χ2n) is 6.05. The molecule has 0 spiro atoms. The second kappa shape index (κ2) is 7.33. The van der Waals surface area contributed by atoms with E-state index in [-0.39, 0.29) is 11.0 Å². The van der Waals surface area contributed by atoms with E-state index in [4.69, 9.17) is 18.0 Å². The molecule has 0 saturated heterocycles. The zero-order valence-electron chi connectivity index (χ0n) is 13.8. The van der Waals surface area contributed by atoms with Crippen molar-refractivity contribution in [1.82, 2.24) is 5.32 Å². The van der Waals surface area contributed by atoms with Gasteiger partial charge < -0.3 is 11.1 Å². The van der Waals surface area contributed by atoms with Crippen molar-refractivity contribution in [3.05, 3.63) is 51.4 Å². The van der Waals surface area contributed by atoms with E-state index >= 15 is 0 Å². The average molecular weight is 374 g/mol. The summed E-state index contributed by atoms with van der Waals surface area (Å²) in [6.07, 6.45) is 3.97. The van der Waals surface area contributed by atoms with Gasteiger partial charge in [-0.05, 0) is 62.5 Å². The molecule has 0 radical (unpaired) electrons. The molecule has 7 heteroatoms. The second-order valence-corrected chi connectivity index (χ2v) is 7.57. The molecule has 25 heavy (non-hydrogen) atoms. The van der Waals surface area contributed by atoms with E-state index in [2.05, 4.69) is 10.6 Å². The predicted molar refractivity (Wildman–Crippen MR) is 104 cm³/mol. The van der Waals surface area contributed by atoms with Crippen LogP contribution in [0.25, 0.3) is 0 Å². The molecule has 2 amide bonds. The molecule has 0 fully saturated rings. The van der Waals surface area contributed by atoms with E-state index in [1.165, 1.54) is 16.2 Å². The van der Waals surface area contributed by atoms with Crippen molar-refractivity contribution in [2.24, 2.45) is 5.73 Å². The first-order valence-corrected chi connectivity index (χ1v) is 9.31. The Labute approximate surface area is 155 Å². The van der Waals surface area contributed by atoms with Crippen LogP contribution in [0.3, 0.4) is 0 Å². The first-order valence-electron chi connectivity index (χ1n) is 8.09. The molecule has 1 aliphatic rings. The number of fused-ring (bicyclic) bond motifs is 1. The van der Waals surface area contributed by atoms with E-state index in [1.54, 1.807) is 12.1 Å². The van der Waals surface area contributed by atoms with Crippen molar-refractivity contribution >= 4 is 45.5 Å². The molecule has 1 aromatic carbocycles. The van der Waals surface area contributed by atoms with Crippen LogP contribution in [0.1, 0.15) is 49.6 Å². The third kappa shape index (κ3) is 3.88. The number of thiophene rings is 1. The summed E-state index contributed by atoms with van der Waals surface area (Å²) in [5, 5.41) is 6.40. The van der Waals surface area contributed by atoms with Crippen molar-refractivity contribution in [2.45, 2.75) is 32.6 Å². The van der Waals surface area contributed by atoms with E-state index in [9.17, 15) is 9.59 Å². The Hall–Kier alpha value is -2.25. The fourth-order valence-corrected chi connectivity index (χ4v) is 4.49. The largest absolute Gasteiger partial charge is 0.365 e. The number of primary amides is 1. The van der Waals surface area contributed by atoms with Crippen molar-refractivity contribution in [2.75, 3.05) is 5.32 Å². The number of amides is 2. The molecule has 0 aliphatic heterocycles. The number of anilines is 1. The standard InChI is InChI=1S/C18H19N3O2S2/c1-10-6-8-11(9-7-10)16(23)20-18(24)21-17-14(15(19)22)12-4-2-3-5-13(12)25-17/h6-9H,2-5H2,1H3,(H2,19,22)(H2,20,21,23,24). The summed E-state index contributed by atoms with van der Waals surface area (Å²) < 4.78 is 0. The van der Waals surface area contributed by atoms with Crippen LogP contribution in [0.5, 0.6) is 0 Å². The SMILES string of the molecule is Cc1ccc(C(=O)NC(=S)Nc2sc3c(c2C(N)=O)CCCC3)cc1. The maximum atomic E-state index is 12.2. The number of carbonyl (C=O) groups excluding carboxylic acids is 2. The lowest BCUT2D eigenvalue weighted by Gasteiger charge is -2.11. The summed E-state index contributed by atoms with van der Waals surface area (Å²) in [5.74, 6) is -0.756. The minimum atomic E-state index is -0.463. The highest BCUT2D eigenvalue weighted by atomic mass is 32.1. The van der Waals surface area contributed by atoms with E-state index in [1.807, 2.05) is 19.1 Å². The molecule has 2 aromatic rings. The molecular weight excluding hydrogens is 354 g/mol. The molecule has 0 bridgehead atoms. The van der Waals surface area contributed by atoms with Crippen LogP contribution in [0.4, 0.5) is 5.00 Å². The van der Waals surface area contributed by atoms with Gasteiger partial charge in [0, 0.05) is 10.4 Å². The van der Waals surface area contributed by atoms with Crippen LogP contribution >= 0.6 is 23.6 Å². The predicted octanol–water partition coefficient (Wildman–Crippen LogP) is 3.16. The van der Waals surface area contributed by atoms with Crippen molar-refractivity contribution in [3.63, 3.8) is 0 Å². The van der Waals surface area contributed by atoms with Gasteiger partial charge in [0.05, 0.1) is 5.56 Å². The van der Waals surface area contributed by atoms with Gasteiger partial charge in [-0.25, -0.2) is 0 Å². The summed E-state index contributed by atoms with van der Waals surface area (Å²) in [5.41, 5.74) is 8.70. The molecule has 1 heterocycles. The number of nitrogens with two attached hydrogens (primary N) is 1. The lowest BCUT2D eigenvalue weighted by atomic mass is 9.95. The number of nitrogens with one attached hydrogen (secondary N) is 2. The summed E-state index contributed by atoms with van der Waals surface area (Å²) in [4.78, 5) is 25.3. The molecule has 4 N–H and O–H groups in total. The van der Waals surface area contributed by atoms with Crippen molar-refractivity contribution in [3.8, 4) is 0 Å².